The lowest BCUT2D eigenvalue weighted by molar-refractivity contribution is -0.118. The number of para-hydroxylation sites is 1. The van der Waals surface area contributed by atoms with Gasteiger partial charge in [-0.3, -0.25) is 10.1 Å². The molecule has 0 bridgehead atoms. The van der Waals surface area contributed by atoms with Gasteiger partial charge in [-0.2, -0.15) is 0 Å². The van der Waals surface area contributed by atoms with Crippen LogP contribution in [0.25, 0.3) is 22.2 Å². The van der Waals surface area contributed by atoms with Gasteiger partial charge in [-0.25, -0.2) is 15.0 Å². The number of hydrogen-bond donors (Lipinski definition) is 1. The molecule has 0 aliphatic rings. The highest BCUT2D eigenvalue weighted by Gasteiger charge is 2.12. The van der Waals surface area contributed by atoms with Crippen LogP contribution in [0, 0.1) is 0 Å². The van der Waals surface area contributed by atoms with Crippen molar-refractivity contribution in [1.29, 1.82) is 0 Å². The van der Waals surface area contributed by atoms with Crippen molar-refractivity contribution in [3.63, 3.8) is 0 Å². The van der Waals surface area contributed by atoms with Gasteiger partial charge in [-0.1, -0.05) is 12.1 Å². The minimum absolute atomic E-state index is 0.188. The molecule has 8 nitrogen and oxygen atoms in total. The van der Waals surface area contributed by atoms with Crippen LogP contribution in [0.1, 0.15) is 0 Å². The number of benzene rings is 2. The van der Waals surface area contributed by atoms with Gasteiger partial charge >= 0.3 is 0 Å². The number of nitrogens with one attached hydrogen (secondary N) is 1. The fourth-order valence-electron chi connectivity index (χ4n) is 2.84. The molecule has 1 N–H and O–H groups in total. The quantitative estimate of drug-likeness (QED) is 0.484. The van der Waals surface area contributed by atoms with Crippen LogP contribution >= 0.6 is 11.3 Å². The molecule has 2 aromatic carbocycles. The van der Waals surface area contributed by atoms with Crippen molar-refractivity contribution >= 4 is 33.3 Å². The number of thiazole rings is 1. The summed E-state index contributed by atoms with van der Waals surface area (Å²) in [4.78, 5) is 25.1. The SMILES string of the molecule is COc1ccc(-c2csc(NC(=O)COc3ncnc4ccccc34)n2)cc1OC. The molecule has 0 atom stereocenters. The highest BCUT2D eigenvalue weighted by molar-refractivity contribution is 7.14. The zero-order valence-corrected chi connectivity index (χ0v) is 17.1. The first-order valence-corrected chi connectivity index (χ1v) is 9.86. The topological polar surface area (TPSA) is 95.5 Å². The Balaban J connectivity index is 1.42. The van der Waals surface area contributed by atoms with Crippen LogP contribution in [-0.4, -0.2) is 41.7 Å². The van der Waals surface area contributed by atoms with Gasteiger partial charge in [0.2, 0.25) is 5.88 Å². The van der Waals surface area contributed by atoms with Crippen LogP contribution in [0.4, 0.5) is 5.13 Å². The van der Waals surface area contributed by atoms with E-state index in [1.54, 1.807) is 14.2 Å². The lowest BCUT2D eigenvalue weighted by atomic mass is 10.1. The third kappa shape index (κ3) is 4.15. The summed E-state index contributed by atoms with van der Waals surface area (Å²) >= 11 is 1.32. The van der Waals surface area contributed by atoms with E-state index in [0.29, 0.717) is 22.5 Å². The van der Waals surface area contributed by atoms with E-state index in [-0.39, 0.29) is 12.5 Å². The monoisotopic (exact) mass is 422 g/mol. The predicted molar refractivity (Wildman–Crippen MR) is 114 cm³/mol. The number of fused-ring (bicyclic) bond motifs is 1. The van der Waals surface area contributed by atoms with Crippen molar-refractivity contribution in [2.75, 3.05) is 26.1 Å². The van der Waals surface area contributed by atoms with Gasteiger partial charge in [0.15, 0.2) is 23.2 Å². The minimum atomic E-state index is -0.328. The standard InChI is InChI=1S/C21H18N4O4S/c1-27-17-8-7-13(9-18(17)28-2)16-11-30-21(24-16)25-19(26)10-29-20-14-5-3-4-6-15(14)22-12-23-20/h3-9,11-12H,10H2,1-2H3,(H,24,25,26). The van der Waals surface area contributed by atoms with Gasteiger partial charge in [0.25, 0.3) is 5.91 Å². The first kappa shape index (κ1) is 19.6. The molecule has 2 aromatic heterocycles. The normalized spacial score (nSPS) is 10.6. The zero-order valence-electron chi connectivity index (χ0n) is 16.3. The van der Waals surface area contributed by atoms with Crippen LogP contribution in [0.3, 0.4) is 0 Å². The van der Waals surface area contributed by atoms with Crippen LogP contribution < -0.4 is 19.5 Å². The number of methoxy groups -OCH3 is 2. The van der Waals surface area contributed by atoms with E-state index >= 15 is 0 Å². The molecule has 4 rings (SSSR count). The number of aromatic nitrogens is 3. The maximum absolute atomic E-state index is 12.3. The second-order valence-electron chi connectivity index (χ2n) is 6.14. The molecule has 0 radical (unpaired) electrons. The van der Waals surface area contributed by atoms with Gasteiger partial charge in [0.05, 0.1) is 30.8 Å². The maximum atomic E-state index is 12.3. The van der Waals surface area contributed by atoms with Crippen molar-refractivity contribution in [1.82, 2.24) is 15.0 Å². The number of amides is 1. The largest absolute Gasteiger partial charge is 0.493 e. The Kier molecular flexibility index (Phi) is 5.71. The highest BCUT2D eigenvalue weighted by Crippen LogP contribution is 2.33. The van der Waals surface area contributed by atoms with Crippen molar-refractivity contribution < 1.29 is 19.0 Å². The van der Waals surface area contributed by atoms with Crippen molar-refractivity contribution in [3.05, 3.63) is 54.2 Å². The minimum Gasteiger partial charge on any atom is -0.493 e. The van der Waals surface area contributed by atoms with Crippen LogP contribution in [0.15, 0.2) is 54.2 Å². The molecule has 1 amide bonds. The fraction of sp³-hybridized carbons (Fsp3) is 0.143. The number of rotatable bonds is 7. The number of hydrogen-bond acceptors (Lipinski definition) is 8. The molecule has 9 heteroatoms. The summed E-state index contributed by atoms with van der Waals surface area (Å²) in [6.07, 6.45) is 1.41. The molecule has 0 fully saturated rings. The van der Waals surface area contributed by atoms with E-state index in [1.165, 1.54) is 17.7 Å². The molecule has 0 unspecified atom stereocenters. The van der Waals surface area contributed by atoms with Gasteiger partial charge < -0.3 is 14.2 Å². The molecule has 0 saturated carbocycles. The molecular formula is C21H18N4O4S. The molecule has 2 heterocycles. The summed E-state index contributed by atoms with van der Waals surface area (Å²) in [7, 11) is 3.16. The second-order valence-corrected chi connectivity index (χ2v) is 7.00. The smallest absolute Gasteiger partial charge is 0.264 e. The van der Waals surface area contributed by atoms with Gasteiger partial charge in [-0.05, 0) is 30.3 Å². The molecule has 30 heavy (non-hydrogen) atoms. The average molecular weight is 422 g/mol. The molecule has 4 aromatic rings. The summed E-state index contributed by atoms with van der Waals surface area (Å²) in [5.74, 6) is 1.28. The highest BCUT2D eigenvalue weighted by atomic mass is 32.1. The van der Waals surface area contributed by atoms with Gasteiger partial charge in [-0.15, -0.1) is 11.3 Å². The van der Waals surface area contributed by atoms with E-state index in [4.69, 9.17) is 14.2 Å². The Morgan fingerprint density at radius 1 is 1.07 bits per heavy atom. The van der Waals surface area contributed by atoms with Crippen molar-refractivity contribution in [2.45, 2.75) is 0 Å². The zero-order chi connectivity index (χ0) is 20.9. The summed E-state index contributed by atoms with van der Waals surface area (Å²) in [6, 6.07) is 13.0. The Bertz CT molecular complexity index is 1190. The maximum Gasteiger partial charge on any atom is 0.264 e. The van der Waals surface area contributed by atoms with Crippen LogP contribution in [0.5, 0.6) is 17.4 Å². The summed E-state index contributed by atoms with van der Waals surface area (Å²) in [6.45, 7) is -0.188. The number of anilines is 1. The molecular weight excluding hydrogens is 404 g/mol. The molecule has 0 aliphatic heterocycles. The van der Waals surface area contributed by atoms with Crippen molar-refractivity contribution in [3.8, 4) is 28.6 Å². The third-order valence-electron chi connectivity index (χ3n) is 4.28. The predicted octanol–water partition coefficient (Wildman–Crippen LogP) is 3.79. The molecule has 0 aliphatic carbocycles. The third-order valence-corrected chi connectivity index (χ3v) is 5.03. The average Bonchev–Trinajstić information content (AvgIpc) is 3.25. The van der Waals surface area contributed by atoms with E-state index < -0.39 is 0 Å². The Labute approximate surface area is 176 Å². The van der Waals surface area contributed by atoms with E-state index in [0.717, 1.165) is 22.2 Å². The first-order chi connectivity index (χ1) is 14.7. The van der Waals surface area contributed by atoms with E-state index in [1.807, 2.05) is 47.8 Å². The van der Waals surface area contributed by atoms with Crippen LogP contribution in [0.2, 0.25) is 0 Å². The summed E-state index contributed by atoms with van der Waals surface area (Å²) in [5, 5.41) is 5.82. The number of nitrogens with zero attached hydrogens (tertiary/aromatic N) is 3. The Hall–Kier alpha value is -3.72. The lowest BCUT2D eigenvalue weighted by Gasteiger charge is -2.08. The van der Waals surface area contributed by atoms with Gasteiger partial charge in [0, 0.05) is 10.9 Å². The number of ether oxygens (including phenoxy) is 3. The van der Waals surface area contributed by atoms with E-state index in [9.17, 15) is 4.79 Å². The Morgan fingerprint density at radius 3 is 2.73 bits per heavy atom. The fourth-order valence-corrected chi connectivity index (χ4v) is 3.58. The molecule has 0 spiro atoms. The van der Waals surface area contributed by atoms with Crippen molar-refractivity contribution in [2.24, 2.45) is 0 Å². The van der Waals surface area contributed by atoms with Gasteiger partial charge in [0.1, 0.15) is 6.33 Å². The lowest BCUT2D eigenvalue weighted by Crippen LogP contribution is -2.20. The van der Waals surface area contributed by atoms with E-state index in [2.05, 4.69) is 20.3 Å². The molecule has 152 valence electrons. The molecule has 0 saturated heterocycles. The summed E-state index contributed by atoms with van der Waals surface area (Å²) in [5.41, 5.74) is 2.33. The second kappa shape index (κ2) is 8.75. The Morgan fingerprint density at radius 2 is 1.90 bits per heavy atom. The summed E-state index contributed by atoms with van der Waals surface area (Å²) < 4.78 is 16.2. The van der Waals surface area contributed by atoms with Crippen LogP contribution in [-0.2, 0) is 4.79 Å². The number of carbonyl (C=O) groups excluding carboxylic acids is 1. The number of carbonyl (C=O) groups is 1. The first-order valence-electron chi connectivity index (χ1n) is 8.98.